The zero-order chi connectivity index (χ0) is 12.3. The molecule has 90 valence electrons. The maximum atomic E-state index is 5.27. The van der Waals surface area contributed by atoms with Gasteiger partial charge in [-0.2, -0.15) is 0 Å². The van der Waals surface area contributed by atoms with Crippen LogP contribution in [0.3, 0.4) is 0 Å². The van der Waals surface area contributed by atoms with Crippen molar-refractivity contribution in [3.63, 3.8) is 0 Å². The second-order valence-corrected chi connectivity index (χ2v) is 4.26. The summed E-state index contributed by atoms with van der Waals surface area (Å²) >= 11 is 0. The first-order valence-corrected chi connectivity index (χ1v) is 5.63. The van der Waals surface area contributed by atoms with Crippen LogP contribution in [0.15, 0.2) is 30.7 Å². The van der Waals surface area contributed by atoms with Gasteiger partial charge in [0.1, 0.15) is 11.6 Å². The van der Waals surface area contributed by atoms with E-state index in [0.717, 1.165) is 17.9 Å². The molecular weight excluding hydrogens is 214 g/mol. The lowest BCUT2D eigenvalue weighted by molar-refractivity contribution is 0.668. The molecule has 3 N–H and O–H groups in total. The van der Waals surface area contributed by atoms with E-state index in [1.807, 2.05) is 30.7 Å². The number of nitrogens with zero attached hydrogens (tertiary/aromatic N) is 3. The SMILES string of the molecule is CC(C)c1nccn1Cc1ccc(NN)nc1. The molecule has 0 aliphatic rings. The number of anilines is 1. The van der Waals surface area contributed by atoms with E-state index in [4.69, 9.17) is 5.84 Å². The van der Waals surface area contributed by atoms with Gasteiger partial charge in [0.25, 0.3) is 0 Å². The third kappa shape index (κ3) is 2.62. The van der Waals surface area contributed by atoms with Crippen molar-refractivity contribution in [2.24, 2.45) is 5.84 Å². The quantitative estimate of drug-likeness (QED) is 0.621. The van der Waals surface area contributed by atoms with Crippen LogP contribution in [-0.4, -0.2) is 14.5 Å². The number of rotatable bonds is 4. The van der Waals surface area contributed by atoms with Gasteiger partial charge in [-0.15, -0.1) is 0 Å². The summed E-state index contributed by atoms with van der Waals surface area (Å²) in [6.45, 7) is 5.06. The third-order valence-corrected chi connectivity index (χ3v) is 2.59. The summed E-state index contributed by atoms with van der Waals surface area (Å²) < 4.78 is 2.14. The molecule has 0 radical (unpaired) electrons. The lowest BCUT2D eigenvalue weighted by Gasteiger charge is -2.10. The van der Waals surface area contributed by atoms with E-state index >= 15 is 0 Å². The van der Waals surface area contributed by atoms with Gasteiger partial charge in [0.15, 0.2) is 0 Å². The van der Waals surface area contributed by atoms with Crippen LogP contribution in [0.1, 0.15) is 31.2 Å². The van der Waals surface area contributed by atoms with E-state index < -0.39 is 0 Å². The van der Waals surface area contributed by atoms with Crippen molar-refractivity contribution in [2.45, 2.75) is 26.3 Å². The van der Waals surface area contributed by atoms with Crippen molar-refractivity contribution >= 4 is 5.82 Å². The highest BCUT2D eigenvalue weighted by Gasteiger charge is 2.07. The van der Waals surface area contributed by atoms with Crippen molar-refractivity contribution in [1.29, 1.82) is 0 Å². The minimum Gasteiger partial charge on any atom is -0.330 e. The van der Waals surface area contributed by atoms with E-state index in [1.54, 1.807) is 0 Å². The molecule has 2 heterocycles. The van der Waals surface area contributed by atoms with E-state index in [0.29, 0.717) is 11.7 Å². The number of hydrogen-bond donors (Lipinski definition) is 2. The van der Waals surface area contributed by atoms with Crippen LogP contribution in [0, 0.1) is 0 Å². The minimum atomic E-state index is 0.419. The second-order valence-electron chi connectivity index (χ2n) is 4.26. The van der Waals surface area contributed by atoms with Crippen molar-refractivity contribution < 1.29 is 0 Å². The predicted molar refractivity (Wildman–Crippen MR) is 67.5 cm³/mol. The average Bonchev–Trinajstić information content (AvgIpc) is 2.78. The lowest BCUT2D eigenvalue weighted by atomic mass is 10.2. The Labute approximate surface area is 101 Å². The fraction of sp³-hybridized carbons (Fsp3) is 0.333. The van der Waals surface area contributed by atoms with Gasteiger partial charge in [0, 0.05) is 24.5 Å². The summed E-state index contributed by atoms with van der Waals surface area (Å²) in [6, 6.07) is 3.87. The molecule has 2 aromatic heterocycles. The molecule has 0 spiro atoms. The predicted octanol–water partition coefficient (Wildman–Crippen LogP) is 1.74. The highest BCUT2D eigenvalue weighted by molar-refractivity contribution is 5.33. The highest BCUT2D eigenvalue weighted by Crippen LogP contribution is 2.14. The summed E-state index contributed by atoms with van der Waals surface area (Å²) in [7, 11) is 0. The van der Waals surface area contributed by atoms with Gasteiger partial charge in [-0.3, -0.25) is 0 Å². The number of imidazole rings is 1. The van der Waals surface area contributed by atoms with Gasteiger partial charge in [0.05, 0.1) is 6.54 Å². The van der Waals surface area contributed by atoms with Gasteiger partial charge >= 0.3 is 0 Å². The molecule has 0 aliphatic heterocycles. The number of nitrogen functional groups attached to an aromatic ring is 1. The van der Waals surface area contributed by atoms with Crippen molar-refractivity contribution in [3.8, 4) is 0 Å². The van der Waals surface area contributed by atoms with Crippen LogP contribution in [0.5, 0.6) is 0 Å². The molecule has 0 amide bonds. The monoisotopic (exact) mass is 231 g/mol. The molecule has 17 heavy (non-hydrogen) atoms. The molecule has 0 bridgehead atoms. The van der Waals surface area contributed by atoms with Crippen LogP contribution in [0.25, 0.3) is 0 Å². The van der Waals surface area contributed by atoms with Crippen molar-refractivity contribution in [2.75, 3.05) is 5.43 Å². The van der Waals surface area contributed by atoms with Gasteiger partial charge < -0.3 is 9.99 Å². The van der Waals surface area contributed by atoms with Gasteiger partial charge in [-0.25, -0.2) is 15.8 Å². The van der Waals surface area contributed by atoms with Crippen LogP contribution in [0.4, 0.5) is 5.82 Å². The number of aromatic nitrogens is 3. The lowest BCUT2D eigenvalue weighted by Crippen LogP contribution is -2.09. The Kier molecular flexibility index (Phi) is 3.39. The van der Waals surface area contributed by atoms with Crippen LogP contribution in [0.2, 0.25) is 0 Å². The molecule has 2 rings (SSSR count). The first kappa shape index (κ1) is 11.6. The molecule has 0 aliphatic carbocycles. The summed E-state index contributed by atoms with van der Waals surface area (Å²) in [5.74, 6) is 7.45. The summed E-state index contributed by atoms with van der Waals surface area (Å²) in [4.78, 5) is 8.54. The molecule has 2 aromatic rings. The van der Waals surface area contributed by atoms with Crippen LogP contribution in [-0.2, 0) is 6.54 Å². The van der Waals surface area contributed by atoms with E-state index in [9.17, 15) is 0 Å². The summed E-state index contributed by atoms with van der Waals surface area (Å²) in [5, 5.41) is 0. The van der Waals surface area contributed by atoms with Gasteiger partial charge in [0.2, 0.25) is 0 Å². The Balaban J connectivity index is 2.16. The Bertz CT molecular complexity index is 472. The van der Waals surface area contributed by atoms with Crippen LogP contribution < -0.4 is 11.3 Å². The third-order valence-electron chi connectivity index (χ3n) is 2.59. The highest BCUT2D eigenvalue weighted by atomic mass is 15.2. The second kappa shape index (κ2) is 4.97. The summed E-state index contributed by atoms with van der Waals surface area (Å²) in [5.41, 5.74) is 3.64. The van der Waals surface area contributed by atoms with Crippen LogP contribution >= 0.6 is 0 Å². The molecule has 5 heteroatoms. The van der Waals surface area contributed by atoms with Gasteiger partial charge in [-0.1, -0.05) is 19.9 Å². The Morgan fingerprint density at radius 2 is 2.18 bits per heavy atom. The Hall–Kier alpha value is -1.88. The number of hydrogen-bond acceptors (Lipinski definition) is 4. The Morgan fingerprint density at radius 1 is 1.35 bits per heavy atom. The molecule has 5 nitrogen and oxygen atoms in total. The fourth-order valence-corrected chi connectivity index (χ4v) is 1.76. The normalized spacial score (nSPS) is 10.8. The average molecular weight is 231 g/mol. The maximum absolute atomic E-state index is 5.27. The number of nitrogens with two attached hydrogens (primary N) is 1. The zero-order valence-electron chi connectivity index (χ0n) is 10.1. The minimum absolute atomic E-state index is 0.419. The van der Waals surface area contributed by atoms with Crippen molar-refractivity contribution in [3.05, 3.63) is 42.1 Å². The fourth-order valence-electron chi connectivity index (χ4n) is 1.76. The maximum Gasteiger partial charge on any atom is 0.139 e. The Morgan fingerprint density at radius 3 is 2.76 bits per heavy atom. The number of pyridine rings is 1. The standard InChI is InChI=1S/C12H17N5/c1-9(2)12-14-5-6-17(12)8-10-3-4-11(16-13)15-7-10/h3-7,9H,8,13H2,1-2H3,(H,15,16). The first-order chi connectivity index (χ1) is 8.20. The zero-order valence-corrected chi connectivity index (χ0v) is 10.1. The largest absolute Gasteiger partial charge is 0.330 e. The summed E-state index contributed by atoms with van der Waals surface area (Å²) in [6.07, 6.45) is 5.64. The van der Waals surface area contributed by atoms with Crippen molar-refractivity contribution in [1.82, 2.24) is 14.5 Å². The van der Waals surface area contributed by atoms with E-state index in [2.05, 4.69) is 33.8 Å². The topological polar surface area (TPSA) is 68.8 Å². The number of nitrogens with one attached hydrogen (secondary N) is 1. The van der Waals surface area contributed by atoms with E-state index in [-0.39, 0.29) is 0 Å². The molecule has 0 atom stereocenters. The van der Waals surface area contributed by atoms with Gasteiger partial charge in [-0.05, 0) is 11.6 Å². The molecule has 0 unspecified atom stereocenters. The molecular formula is C12H17N5. The molecule has 0 aromatic carbocycles. The molecule has 0 saturated heterocycles. The van der Waals surface area contributed by atoms with E-state index in [1.165, 1.54) is 0 Å². The molecule has 0 saturated carbocycles. The number of hydrazine groups is 1. The first-order valence-electron chi connectivity index (χ1n) is 5.63. The smallest absolute Gasteiger partial charge is 0.139 e. The molecule has 0 fully saturated rings.